The summed E-state index contributed by atoms with van der Waals surface area (Å²) in [6, 6.07) is 5.59. The van der Waals surface area contributed by atoms with E-state index in [1.54, 1.807) is 6.07 Å². The Bertz CT molecular complexity index is 549. The zero-order chi connectivity index (χ0) is 11.7. The highest BCUT2D eigenvalue weighted by molar-refractivity contribution is 5.97. The zero-order valence-electron chi connectivity index (χ0n) is 8.53. The van der Waals surface area contributed by atoms with E-state index in [0.717, 1.165) is 0 Å². The van der Waals surface area contributed by atoms with Crippen molar-refractivity contribution in [3.05, 3.63) is 35.8 Å². The number of anilines is 1. The average Bonchev–Trinajstić information content (AvgIpc) is 2.60. The first-order valence-electron chi connectivity index (χ1n) is 4.61. The number of aromatic nitrogens is 1. The summed E-state index contributed by atoms with van der Waals surface area (Å²) in [4.78, 5) is 15.0. The van der Waals surface area contributed by atoms with Gasteiger partial charge >= 0.3 is 0 Å². The van der Waals surface area contributed by atoms with Gasteiger partial charge in [0, 0.05) is 12.5 Å². The Morgan fingerprint density at radius 1 is 1.50 bits per heavy atom. The highest BCUT2D eigenvalue weighted by Crippen LogP contribution is 2.26. The summed E-state index contributed by atoms with van der Waals surface area (Å²) in [5.41, 5.74) is 5.92. The quantitative estimate of drug-likeness (QED) is 0.788. The van der Waals surface area contributed by atoms with Gasteiger partial charge in [-0.25, -0.2) is 4.39 Å². The van der Waals surface area contributed by atoms with Gasteiger partial charge in [0.2, 0.25) is 0 Å². The monoisotopic (exact) mass is 220 g/mol. The second kappa shape index (κ2) is 3.77. The fraction of sp³-hybridized carbons (Fsp3) is 0.0909. The molecule has 0 amide bonds. The minimum atomic E-state index is -0.415. The van der Waals surface area contributed by atoms with E-state index >= 15 is 0 Å². The van der Waals surface area contributed by atoms with Crippen molar-refractivity contribution in [3.8, 4) is 11.3 Å². The summed E-state index contributed by atoms with van der Waals surface area (Å²) in [6.45, 7) is 1.35. The van der Waals surface area contributed by atoms with Crippen molar-refractivity contribution < 1.29 is 13.6 Å². The number of nitrogens with zero attached hydrogens (tertiary/aromatic N) is 1. The van der Waals surface area contributed by atoms with E-state index < -0.39 is 5.82 Å². The maximum atomic E-state index is 13.0. The Balaban J connectivity index is 2.59. The molecule has 0 radical (unpaired) electrons. The topological polar surface area (TPSA) is 69.1 Å². The standard InChI is InChI=1S/C11H9FN2O2/c1-6(15)9-10(16-11(13)14-9)7-3-2-4-8(12)5-7/h2-5H,1H3,(H2,13,14). The Hall–Kier alpha value is -2.17. The molecule has 0 unspecified atom stereocenters. The third-order valence-electron chi connectivity index (χ3n) is 2.06. The van der Waals surface area contributed by atoms with Crippen molar-refractivity contribution in [2.45, 2.75) is 6.92 Å². The van der Waals surface area contributed by atoms with Crippen molar-refractivity contribution in [1.82, 2.24) is 4.98 Å². The molecule has 82 valence electrons. The summed E-state index contributed by atoms with van der Waals surface area (Å²) in [5, 5.41) is 0. The highest BCUT2D eigenvalue weighted by atomic mass is 19.1. The van der Waals surface area contributed by atoms with Crippen LogP contribution in [0.5, 0.6) is 0 Å². The summed E-state index contributed by atoms with van der Waals surface area (Å²) in [5.74, 6) is -0.494. The van der Waals surface area contributed by atoms with Crippen LogP contribution in [0.1, 0.15) is 17.4 Å². The highest BCUT2D eigenvalue weighted by Gasteiger charge is 2.17. The van der Waals surface area contributed by atoms with Gasteiger partial charge in [-0.15, -0.1) is 0 Å². The first-order chi connectivity index (χ1) is 7.58. The third-order valence-corrected chi connectivity index (χ3v) is 2.06. The lowest BCUT2D eigenvalue weighted by molar-refractivity contribution is 0.101. The predicted molar refractivity (Wildman–Crippen MR) is 56.3 cm³/mol. The number of oxazole rings is 1. The second-order valence-electron chi connectivity index (χ2n) is 3.30. The van der Waals surface area contributed by atoms with E-state index in [2.05, 4.69) is 4.98 Å². The number of hydrogen-bond acceptors (Lipinski definition) is 4. The van der Waals surface area contributed by atoms with Gasteiger partial charge < -0.3 is 10.2 Å². The predicted octanol–water partition coefficient (Wildman–Crippen LogP) is 2.27. The first-order valence-corrected chi connectivity index (χ1v) is 4.61. The number of Topliss-reactive ketones (excluding diaryl/α,β-unsaturated/α-hetero) is 1. The lowest BCUT2D eigenvalue weighted by atomic mass is 10.1. The fourth-order valence-corrected chi connectivity index (χ4v) is 1.40. The van der Waals surface area contributed by atoms with E-state index in [4.69, 9.17) is 10.2 Å². The number of nitrogens with two attached hydrogens (primary N) is 1. The average molecular weight is 220 g/mol. The zero-order valence-corrected chi connectivity index (χ0v) is 8.53. The van der Waals surface area contributed by atoms with Crippen LogP contribution in [-0.2, 0) is 0 Å². The molecule has 16 heavy (non-hydrogen) atoms. The van der Waals surface area contributed by atoms with E-state index in [-0.39, 0.29) is 23.3 Å². The second-order valence-corrected chi connectivity index (χ2v) is 3.30. The van der Waals surface area contributed by atoms with Crippen LogP contribution in [0.25, 0.3) is 11.3 Å². The molecule has 0 saturated heterocycles. The Morgan fingerprint density at radius 2 is 2.25 bits per heavy atom. The van der Waals surface area contributed by atoms with Crippen molar-refractivity contribution in [2.75, 3.05) is 5.73 Å². The number of ketones is 1. The van der Waals surface area contributed by atoms with Crippen LogP contribution in [0.4, 0.5) is 10.4 Å². The van der Waals surface area contributed by atoms with Gasteiger partial charge in [0.1, 0.15) is 5.82 Å². The third kappa shape index (κ3) is 1.79. The van der Waals surface area contributed by atoms with Crippen molar-refractivity contribution >= 4 is 11.8 Å². The molecule has 0 bridgehead atoms. The number of hydrogen-bond donors (Lipinski definition) is 1. The molecule has 0 atom stereocenters. The smallest absolute Gasteiger partial charge is 0.293 e. The van der Waals surface area contributed by atoms with E-state index in [0.29, 0.717) is 5.56 Å². The van der Waals surface area contributed by atoms with Gasteiger partial charge in [0.05, 0.1) is 0 Å². The number of halogens is 1. The minimum Gasteiger partial charge on any atom is -0.423 e. The summed E-state index contributed by atoms with van der Waals surface area (Å²) < 4.78 is 18.1. The van der Waals surface area contributed by atoms with E-state index in [1.165, 1.54) is 25.1 Å². The summed E-state index contributed by atoms with van der Waals surface area (Å²) in [7, 11) is 0. The Morgan fingerprint density at radius 3 is 2.88 bits per heavy atom. The van der Waals surface area contributed by atoms with Crippen LogP contribution in [0, 0.1) is 5.82 Å². The SMILES string of the molecule is CC(=O)c1nc(N)oc1-c1cccc(F)c1. The number of nitrogen functional groups attached to an aromatic ring is 1. The molecule has 2 rings (SSSR count). The molecule has 1 heterocycles. The largest absolute Gasteiger partial charge is 0.423 e. The Kier molecular flexibility index (Phi) is 2.44. The molecule has 2 aromatic rings. The molecular formula is C11H9FN2O2. The Labute approximate surface area is 90.9 Å². The van der Waals surface area contributed by atoms with Gasteiger partial charge in [-0.1, -0.05) is 12.1 Å². The van der Waals surface area contributed by atoms with E-state index in [1.807, 2.05) is 0 Å². The van der Waals surface area contributed by atoms with Crippen LogP contribution in [-0.4, -0.2) is 10.8 Å². The molecule has 4 nitrogen and oxygen atoms in total. The molecule has 5 heteroatoms. The van der Waals surface area contributed by atoms with Gasteiger partial charge in [-0.05, 0) is 12.1 Å². The number of benzene rings is 1. The summed E-state index contributed by atoms with van der Waals surface area (Å²) in [6.07, 6.45) is 0. The van der Waals surface area contributed by atoms with Crippen LogP contribution in [0.2, 0.25) is 0 Å². The molecular weight excluding hydrogens is 211 g/mol. The molecule has 0 spiro atoms. The molecule has 1 aromatic carbocycles. The normalized spacial score (nSPS) is 10.4. The van der Waals surface area contributed by atoms with Gasteiger partial charge in [-0.2, -0.15) is 4.98 Å². The molecule has 0 saturated carbocycles. The van der Waals surface area contributed by atoms with Crippen LogP contribution < -0.4 is 5.73 Å². The molecule has 0 fully saturated rings. The molecule has 0 aliphatic carbocycles. The molecule has 1 aromatic heterocycles. The van der Waals surface area contributed by atoms with Gasteiger partial charge in [0.25, 0.3) is 6.01 Å². The van der Waals surface area contributed by atoms with Crippen LogP contribution in [0.3, 0.4) is 0 Å². The molecule has 0 aliphatic heterocycles. The maximum absolute atomic E-state index is 13.0. The lowest BCUT2D eigenvalue weighted by Crippen LogP contribution is -1.95. The van der Waals surface area contributed by atoms with E-state index in [9.17, 15) is 9.18 Å². The number of carbonyl (C=O) groups excluding carboxylic acids is 1. The molecule has 2 N–H and O–H groups in total. The van der Waals surface area contributed by atoms with Crippen LogP contribution in [0.15, 0.2) is 28.7 Å². The minimum absolute atomic E-state index is 0.107. The van der Waals surface area contributed by atoms with Crippen LogP contribution >= 0.6 is 0 Å². The summed E-state index contributed by atoms with van der Waals surface area (Å²) >= 11 is 0. The number of rotatable bonds is 2. The van der Waals surface area contributed by atoms with Crippen molar-refractivity contribution in [3.63, 3.8) is 0 Å². The van der Waals surface area contributed by atoms with Crippen molar-refractivity contribution in [1.29, 1.82) is 0 Å². The first kappa shape index (κ1) is 10.4. The lowest BCUT2D eigenvalue weighted by Gasteiger charge is -1.98. The van der Waals surface area contributed by atoms with Gasteiger partial charge in [0.15, 0.2) is 17.2 Å². The van der Waals surface area contributed by atoms with Crippen molar-refractivity contribution in [2.24, 2.45) is 0 Å². The van der Waals surface area contributed by atoms with Gasteiger partial charge in [-0.3, -0.25) is 4.79 Å². The maximum Gasteiger partial charge on any atom is 0.293 e. The number of carbonyl (C=O) groups is 1. The molecule has 0 aliphatic rings. The fourth-order valence-electron chi connectivity index (χ4n) is 1.40.